The summed E-state index contributed by atoms with van der Waals surface area (Å²) in [6.45, 7) is 5.04. The zero-order chi connectivity index (χ0) is 22.5. The van der Waals surface area contributed by atoms with Gasteiger partial charge < -0.3 is 19.3 Å². The first-order chi connectivity index (χ1) is 14.8. The van der Waals surface area contributed by atoms with Crippen molar-refractivity contribution in [3.05, 3.63) is 77.9 Å². The number of ketones is 2. The standard InChI is InChI=1S/C20H15NO2.C6H10O2/c1-13-6-9-15(10-7-13)21-18-5-3-2-4-16(18)17-12-14(20(22)23)8-11-19(17)21;1-5(7)3-4-6(2)8/h2-12H,1H3,(H,22,23);3-4H2,1-2H3. The van der Waals surface area contributed by atoms with Crippen molar-refractivity contribution in [1.29, 1.82) is 0 Å². The van der Waals surface area contributed by atoms with E-state index in [1.807, 2.05) is 24.3 Å². The van der Waals surface area contributed by atoms with Gasteiger partial charge >= 0.3 is 5.97 Å². The minimum Gasteiger partial charge on any atom is -0.478 e. The van der Waals surface area contributed by atoms with E-state index in [-0.39, 0.29) is 11.6 Å². The number of aromatic nitrogens is 1. The van der Waals surface area contributed by atoms with Crippen LogP contribution in [0.15, 0.2) is 66.7 Å². The number of carbonyl (C=O) groups is 3. The van der Waals surface area contributed by atoms with Gasteiger partial charge in [0, 0.05) is 29.3 Å². The molecule has 0 aliphatic rings. The van der Waals surface area contributed by atoms with Crippen molar-refractivity contribution in [3.8, 4) is 5.69 Å². The Labute approximate surface area is 180 Å². The van der Waals surface area contributed by atoms with Crippen molar-refractivity contribution >= 4 is 39.3 Å². The number of nitrogens with zero attached hydrogens (tertiary/aromatic N) is 1. The summed E-state index contributed by atoms with van der Waals surface area (Å²) < 4.78 is 2.18. The Hall–Kier alpha value is -3.73. The van der Waals surface area contributed by atoms with Crippen LogP contribution < -0.4 is 0 Å². The Morgan fingerprint density at radius 1 is 0.774 bits per heavy atom. The molecule has 0 atom stereocenters. The number of carboxylic acids is 1. The summed E-state index contributed by atoms with van der Waals surface area (Å²) in [7, 11) is 0. The van der Waals surface area contributed by atoms with Gasteiger partial charge in [0.1, 0.15) is 11.6 Å². The number of fused-ring (bicyclic) bond motifs is 3. The predicted octanol–water partition coefficient (Wildman–Crippen LogP) is 5.73. The molecule has 0 radical (unpaired) electrons. The lowest BCUT2D eigenvalue weighted by atomic mass is 10.1. The van der Waals surface area contributed by atoms with Gasteiger partial charge in [-0.05, 0) is 57.2 Å². The van der Waals surface area contributed by atoms with Crippen LogP contribution in [-0.2, 0) is 9.59 Å². The van der Waals surface area contributed by atoms with Gasteiger partial charge in [0.15, 0.2) is 0 Å². The second-order valence-electron chi connectivity index (χ2n) is 7.63. The molecule has 0 amide bonds. The highest BCUT2D eigenvalue weighted by molar-refractivity contribution is 6.11. The molecule has 0 spiro atoms. The first-order valence-corrected chi connectivity index (χ1v) is 10.1. The SMILES string of the molecule is CC(=O)CCC(C)=O.Cc1ccc(-n2c3ccccc3c3cc(C(=O)O)ccc32)cc1. The van der Waals surface area contributed by atoms with E-state index in [4.69, 9.17) is 0 Å². The maximum atomic E-state index is 11.3. The minimum absolute atomic E-state index is 0.0835. The van der Waals surface area contributed by atoms with Gasteiger partial charge in [-0.1, -0.05) is 35.9 Å². The largest absolute Gasteiger partial charge is 0.478 e. The average Bonchev–Trinajstić information content (AvgIpc) is 3.07. The summed E-state index contributed by atoms with van der Waals surface area (Å²) in [4.78, 5) is 31.7. The van der Waals surface area contributed by atoms with Gasteiger partial charge in [-0.2, -0.15) is 0 Å². The molecule has 0 unspecified atom stereocenters. The molecule has 1 N–H and O–H groups in total. The summed E-state index contributed by atoms with van der Waals surface area (Å²) in [6, 6.07) is 21.7. The van der Waals surface area contributed by atoms with Gasteiger partial charge in [-0.15, -0.1) is 0 Å². The number of Topliss-reactive ketones (excluding diaryl/α,β-unsaturated/α-hetero) is 2. The van der Waals surface area contributed by atoms with Crippen molar-refractivity contribution in [2.45, 2.75) is 33.6 Å². The van der Waals surface area contributed by atoms with Crippen LogP contribution >= 0.6 is 0 Å². The highest BCUT2D eigenvalue weighted by Gasteiger charge is 2.13. The molecule has 4 rings (SSSR count). The first kappa shape index (κ1) is 22.0. The Bertz CT molecular complexity index is 1250. The molecule has 3 aromatic carbocycles. The number of carboxylic acid groups (broad SMARTS) is 1. The van der Waals surface area contributed by atoms with E-state index in [1.54, 1.807) is 12.1 Å². The molecular formula is C26H25NO4. The Kier molecular flexibility index (Phi) is 6.65. The number of rotatable bonds is 5. The second kappa shape index (κ2) is 9.39. The lowest BCUT2D eigenvalue weighted by Crippen LogP contribution is -1.96. The van der Waals surface area contributed by atoms with Crippen molar-refractivity contribution in [2.24, 2.45) is 0 Å². The molecule has 1 heterocycles. The van der Waals surface area contributed by atoms with Gasteiger partial charge in [0.05, 0.1) is 16.6 Å². The van der Waals surface area contributed by atoms with Gasteiger partial charge in [0.25, 0.3) is 0 Å². The zero-order valence-corrected chi connectivity index (χ0v) is 17.9. The van der Waals surface area contributed by atoms with Gasteiger partial charge in [-0.3, -0.25) is 0 Å². The normalized spacial score (nSPS) is 10.5. The molecule has 0 saturated carbocycles. The Morgan fingerprint density at radius 3 is 1.94 bits per heavy atom. The van der Waals surface area contributed by atoms with Crippen LogP contribution in [0.3, 0.4) is 0 Å². The van der Waals surface area contributed by atoms with Crippen LogP contribution in [0.4, 0.5) is 0 Å². The number of benzene rings is 3. The molecule has 0 aliphatic heterocycles. The fourth-order valence-corrected chi connectivity index (χ4v) is 3.43. The van der Waals surface area contributed by atoms with Gasteiger partial charge in [0.2, 0.25) is 0 Å². The highest BCUT2D eigenvalue weighted by Crippen LogP contribution is 2.32. The predicted molar refractivity (Wildman–Crippen MR) is 123 cm³/mol. The summed E-state index contributed by atoms with van der Waals surface area (Å²) in [5, 5.41) is 11.3. The Balaban J connectivity index is 0.000000293. The van der Waals surface area contributed by atoms with E-state index in [9.17, 15) is 19.5 Å². The summed E-state index contributed by atoms with van der Waals surface area (Å²) >= 11 is 0. The number of aromatic carboxylic acids is 1. The van der Waals surface area contributed by atoms with Crippen molar-refractivity contribution in [1.82, 2.24) is 4.57 Å². The molecule has 5 nitrogen and oxygen atoms in total. The van der Waals surface area contributed by atoms with Crippen LogP contribution in [0.25, 0.3) is 27.5 Å². The van der Waals surface area contributed by atoms with Gasteiger partial charge in [-0.25, -0.2) is 4.79 Å². The monoisotopic (exact) mass is 415 g/mol. The third kappa shape index (κ3) is 5.07. The number of para-hydroxylation sites is 1. The molecular weight excluding hydrogens is 390 g/mol. The van der Waals surface area contributed by atoms with Crippen molar-refractivity contribution in [3.63, 3.8) is 0 Å². The van der Waals surface area contributed by atoms with Crippen LogP contribution in [0.2, 0.25) is 0 Å². The molecule has 0 saturated heterocycles. The third-order valence-electron chi connectivity index (χ3n) is 5.04. The summed E-state index contributed by atoms with van der Waals surface area (Å²) in [6.07, 6.45) is 0.796. The molecule has 1 aromatic heterocycles. The number of hydrogen-bond donors (Lipinski definition) is 1. The smallest absolute Gasteiger partial charge is 0.335 e. The molecule has 0 bridgehead atoms. The fraction of sp³-hybridized carbons (Fsp3) is 0.192. The van der Waals surface area contributed by atoms with E-state index in [0.717, 1.165) is 27.5 Å². The highest BCUT2D eigenvalue weighted by atomic mass is 16.4. The third-order valence-corrected chi connectivity index (χ3v) is 5.04. The molecule has 0 aliphatic carbocycles. The fourth-order valence-electron chi connectivity index (χ4n) is 3.43. The molecule has 5 heteroatoms. The quantitative estimate of drug-likeness (QED) is 0.451. The van der Waals surface area contributed by atoms with E-state index < -0.39 is 5.97 Å². The molecule has 4 aromatic rings. The van der Waals surface area contributed by atoms with E-state index in [0.29, 0.717) is 18.4 Å². The van der Waals surface area contributed by atoms with Crippen LogP contribution in [0.1, 0.15) is 42.6 Å². The lowest BCUT2D eigenvalue weighted by molar-refractivity contribution is -0.122. The maximum Gasteiger partial charge on any atom is 0.335 e. The zero-order valence-electron chi connectivity index (χ0n) is 17.9. The molecule has 31 heavy (non-hydrogen) atoms. The average molecular weight is 415 g/mol. The van der Waals surface area contributed by atoms with E-state index in [1.165, 1.54) is 19.4 Å². The maximum absolute atomic E-state index is 11.3. The summed E-state index contributed by atoms with van der Waals surface area (Å²) in [5.74, 6) is -0.737. The Morgan fingerprint density at radius 2 is 1.35 bits per heavy atom. The summed E-state index contributed by atoms with van der Waals surface area (Å²) in [5.41, 5.74) is 4.69. The topological polar surface area (TPSA) is 76.4 Å². The van der Waals surface area contributed by atoms with Crippen LogP contribution in [0, 0.1) is 6.92 Å². The van der Waals surface area contributed by atoms with E-state index >= 15 is 0 Å². The molecule has 158 valence electrons. The number of carbonyl (C=O) groups excluding carboxylic acids is 2. The molecule has 0 fully saturated rings. The minimum atomic E-state index is -0.904. The first-order valence-electron chi connectivity index (χ1n) is 10.1. The van der Waals surface area contributed by atoms with Crippen molar-refractivity contribution in [2.75, 3.05) is 0 Å². The number of aryl methyl sites for hydroxylation is 1. The lowest BCUT2D eigenvalue weighted by Gasteiger charge is -2.08. The second-order valence-corrected chi connectivity index (χ2v) is 7.63. The van der Waals surface area contributed by atoms with Crippen LogP contribution in [0.5, 0.6) is 0 Å². The number of hydrogen-bond acceptors (Lipinski definition) is 3. The van der Waals surface area contributed by atoms with E-state index in [2.05, 4.69) is 41.8 Å². The van der Waals surface area contributed by atoms with Crippen molar-refractivity contribution < 1.29 is 19.5 Å². The van der Waals surface area contributed by atoms with Crippen LogP contribution in [-0.4, -0.2) is 27.2 Å².